The number of imide groups is 1. The molecule has 0 atom stereocenters. The van der Waals surface area contributed by atoms with Gasteiger partial charge in [-0.25, -0.2) is 4.57 Å². The first kappa shape index (κ1) is 30.0. The van der Waals surface area contributed by atoms with Crippen molar-refractivity contribution < 1.29 is 33.6 Å². The SMILES string of the molecule is [B]C(=O)OCc1ccc(OCc2cnc([N+](=O)[O-])n2C)c(NC(=O)CNCCCCCCN2C(=O)C=CC2=O)c1. The molecule has 2 radical (unpaired) electrons. The highest BCUT2D eigenvalue weighted by molar-refractivity contribution is 6.55. The molecule has 0 saturated carbocycles. The fraction of sp³-hybridized carbons (Fsp3) is 0.400. The van der Waals surface area contributed by atoms with Crippen molar-refractivity contribution in [3.63, 3.8) is 0 Å². The number of nitrogens with one attached hydrogen (secondary N) is 2. The summed E-state index contributed by atoms with van der Waals surface area (Å²) >= 11 is 0. The molecule has 2 N–H and O–H groups in total. The third-order valence-corrected chi connectivity index (χ3v) is 5.97. The number of hydrogen-bond donors (Lipinski definition) is 2. The topological polar surface area (TPSA) is 175 Å². The quantitative estimate of drug-likeness (QED) is 0.103. The second-order valence-electron chi connectivity index (χ2n) is 8.89. The predicted octanol–water partition coefficient (Wildman–Crippen LogP) is 1.73. The standard InChI is InChI=1S/C25H29BN6O8/c1-30-18(13-28-25(30)32(37)38)16-39-20-7-6-17(15-40-24(26)36)12-19(20)29-21(33)14-27-10-4-2-3-5-11-31-22(34)8-9-23(31)35/h6-9,12-13,27H,2-5,10-11,14-16H2,1H3,(H,29,33). The first-order valence-corrected chi connectivity index (χ1v) is 12.5. The van der Waals surface area contributed by atoms with Crippen LogP contribution >= 0.6 is 0 Å². The van der Waals surface area contributed by atoms with Gasteiger partial charge >= 0.3 is 5.95 Å². The first-order valence-electron chi connectivity index (χ1n) is 12.5. The van der Waals surface area contributed by atoms with Crippen molar-refractivity contribution in [2.75, 3.05) is 25.0 Å². The van der Waals surface area contributed by atoms with Crippen molar-refractivity contribution in [2.24, 2.45) is 7.05 Å². The number of ether oxygens (including phenoxy) is 2. The maximum absolute atomic E-state index is 12.6. The van der Waals surface area contributed by atoms with Gasteiger partial charge in [0.1, 0.15) is 25.2 Å². The largest absolute Gasteiger partial charge is 0.484 e. The second kappa shape index (κ2) is 14.6. The Labute approximate surface area is 231 Å². The second-order valence-corrected chi connectivity index (χ2v) is 8.89. The average Bonchev–Trinajstić information content (AvgIpc) is 3.44. The lowest BCUT2D eigenvalue weighted by Crippen LogP contribution is -2.31. The van der Waals surface area contributed by atoms with Gasteiger partial charge in [0.05, 0.1) is 19.3 Å². The van der Waals surface area contributed by atoms with Crippen molar-refractivity contribution in [1.29, 1.82) is 0 Å². The van der Waals surface area contributed by atoms with Gasteiger partial charge in [0.25, 0.3) is 11.8 Å². The van der Waals surface area contributed by atoms with Gasteiger partial charge in [-0.2, -0.15) is 0 Å². The zero-order chi connectivity index (χ0) is 29.1. The first-order chi connectivity index (χ1) is 19.2. The number of carbonyl (C=O) groups excluding carboxylic acids is 4. The molecule has 0 spiro atoms. The van der Waals surface area contributed by atoms with Crippen LogP contribution in [0.15, 0.2) is 36.5 Å². The molecule has 0 unspecified atom stereocenters. The number of nitrogens with zero attached hydrogens (tertiary/aromatic N) is 4. The third kappa shape index (κ3) is 8.76. The van der Waals surface area contributed by atoms with Crippen molar-refractivity contribution >= 4 is 43.1 Å². The van der Waals surface area contributed by atoms with E-state index < -0.39 is 10.8 Å². The fourth-order valence-electron chi connectivity index (χ4n) is 3.86. The summed E-state index contributed by atoms with van der Waals surface area (Å²) in [6.45, 7) is 0.850. The number of anilines is 1. The van der Waals surface area contributed by atoms with E-state index >= 15 is 0 Å². The molecule has 1 aliphatic heterocycles. The van der Waals surface area contributed by atoms with Crippen LogP contribution in [-0.2, 0) is 39.4 Å². The molecule has 1 aromatic heterocycles. The van der Waals surface area contributed by atoms with E-state index in [1.165, 1.54) is 34.9 Å². The number of hydrogen-bond acceptors (Lipinski definition) is 10. The van der Waals surface area contributed by atoms with Crippen molar-refractivity contribution in [2.45, 2.75) is 38.9 Å². The van der Waals surface area contributed by atoms with Gasteiger partial charge in [-0.1, -0.05) is 23.9 Å². The summed E-state index contributed by atoms with van der Waals surface area (Å²) in [5, 5.41) is 16.9. The van der Waals surface area contributed by atoms with Crippen LogP contribution in [0, 0.1) is 10.1 Å². The Hall–Kier alpha value is -4.53. The molecule has 0 aliphatic carbocycles. The molecule has 2 aromatic rings. The maximum atomic E-state index is 12.6. The minimum atomic E-state index is -0.942. The summed E-state index contributed by atoms with van der Waals surface area (Å²) in [5.41, 5.74) is 1.32. The summed E-state index contributed by atoms with van der Waals surface area (Å²) < 4.78 is 11.9. The van der Waals surface area contributed by atoms with Crippen LogP contribution in [0.3, 0.4) is 0 Å². The van der Waals surface area contributed by atoms with Crippen LogP contribution in [0.5, 0.6) is 5.75 Å². The van der Waals surface area contributed by atoms with E-state index in [0.29, 0.717) is 42.2 Å². The molecule has 2 heterocycles. The Kier molecular flexibility index (Phi) is 10.9. The minimum Gasteiger partial charge on any atom is -0.484 e. The normalized spacial score (nSPS) is 12.6. The molecule has 0 bridgehead atoms. The third-order valence-electron chi connectivity index (χ3n) is 5.97. The summed E-state index contributed by atoms with van der Waals surface area (Å²) in [5.74, 6) is -1.87. The smallest absolute Gasteiger partial charge is 0.434 e. The van der Waals surface area contributed by atoms with Crippen molar-refractivity contribution in [1.82, 2.24) is 19.8 Å². The lowest BCUT2D eigenvalue weighted by atomic mass is 10.1. The Bertz CT molecular complexity index is 1280. The Morgan fingerprint density at radius 2 is 1.82 bits per heavy atom. The van der Waals surface area contributed by atoms with Gasteiger partial charge in [0.15, 0.2) is 5.69 Å². The molecule has 14 nitrogen and oxygen atoms in total. The number of carbonyl (C=O) groups is 4. The molecule has 0 saturated heterocycles. The molecule has 210 valence electrons. The van der Waals surface area contributed by atoms with Gasteiger partial charge in [-0.15, -0.1) is 0 Å². The number of nitro groups is 1. The van der Waals surface area contributed by atoms with E-state index in [2.05, 4.69) is 15.6 Å². The summed E-state index contributed by atoms with van der Waals surface area (Å²) in [6.07, 6.45) is 7.09. The lowest BCUT2D eigenvalue weighted by molar-refractivity contribution is -0.396. The molecule has 0 fully saturated rings. The monoisotopic (exact) mass is 552 g/mol. The van der Waals surface area contributed by atoms with E-state index in [0.717, 1.165) is 19.3 Å². The van der Waals surface area contributed by atoms with E-state index in [4.69, 9.17) is 17.3 Å². The van der Waals surface area contributed by atoms with Crippen molar-refractivity contribution in [3.8, 4) is 5.75 Å². The van der Waals surface area contributed by atoms with Crippen LogP contribution in [0.4, 0.5) is 16.4 Å². The van der Waals surface area contributed by atoms with Crippen molar-refractivity contribution in [3.05, 3.63) is 57.9 Å². The van der Waals surface area contributed by atoms with Crippen LogP contribution in [0.2, 0.25) is 0 Å². The number of benzene rings is 1. The van der Waals surface area contributed by atoms with E-state index in [-0.39, 0.29) is 43.4 Å². The molecule has 3 rings (SSSR count). The zero-order valence-electron chi connectivity index (χ0n) is 22.0. The summed E-state index contributed by atoms with van der Waals surface area (Å²) in [7, 11) is 6.53. The minimum absolute atomic E-state index is 0.0256. The van der Waals surface area contributed by atoms with Gasteiger partial charge in [-0.3, -0.25) is 24.1 Å². The zero-order valence-corrected chi connectivity index (χ0v) is 22.0. The molecule has 1 aromatic carbocycles. The van der Waals surface area contributed by atoms with Crippen LogP contribution < -0.4 is 15.4 Å². The number of rotatable bonds is 16. The fourth-order valence-corrected chi connectivity index (χ4v) is 3.86. The summed E-state index contributed by atoms with van der Waals surface area (Å²) in [4.78, 5) is 62.0. The van der Waals surface area contributed by atoms with E-state index in [1.54, 1.807) is 18.2 Å². The molecular weight excluding hydrogens is 523 g/mol. The Morgan fingerprint density at radius 3 is 2.50 bits per heavy atom. The number of unbranched alkanes of at least 4 members (excludes halogenated alkanes) is 3. The highest BCUT2D eigenvalue weighted by Crippen LogP contribution is 2.27. The average molecular weight is 552 g/mol. The highest BCUT2D eigenvalue weighted by Gasteiger charge is 2.22. The van der Waals surface area contributed by atoms with Crippen LogP contribution in [-0.4, -0.2) is 70.4 Å². The van der Waals surface area contributed by atoms with Crippen LogP contribution in [0.1, 0.15) is 36.9 Å². The number of amides is 3. The molecular formula is C25H29BN6O8. The maximum Gasteiger partial charge on any atom is 0.434 e. The molecule has 15 heteroatoms. The Morgan fingerprint density at radius 1 is 1.10 bits per heavy atom. The van der Waals surface area contributed by atoms with Gasteiger partial charge in [0.2, 0.25) is 19.6 Å². The van der Waals surface area contributed by atoms with E-state index in [9.17, 15) is 29.3 Å². The molecule has 40 heavy (non-hydrogen) atoms. The lowest BCUT2D eigenvalue weighted by Gasteiger charge is -2.14. The molecule has 1 aliphatic rings. The van der Waals surface area contributed by atoms with Gasteiger partial charge in [-0.05, 0) is 42.0 Å². The van der Waals surface area contributed by atoms with E-state index in [1.807, 2.05) is 0 Å². The van der Waals surface area contributed by atoms with Gasteiger partial charge < -0.3 is 30.2 Å². The summed E-state index contributed by atoms with van der Waals surface area (Å²) in [6, 6.07) is 4.78. The van der Waals surface area contributed by atoms with Gasteiger partial charge in [0, 0.05) is 18.7 Å². The number of imidazole rings is 1. The molecule has 3 amide bonds. The Balaban J connectivity index is 1.47. The van der Waals surface area contributed by atoms with Crippen LogP contribution in [0.25, 0.3) is 0 Å². The highest BCUT2D eigenvalue weighted by atomic mass is 16.6. The predicted molar refractivity (Wildman–Crippen MR) is 142 cm³/mol. The number of aromatic nitrogens is 2.